The standard InChI is InChI=1S/C21H19ClF3N5O2S/c22-13-1-3-14(4-2-13)30-17(11-29-7-9-32-10-8-29)27-28-21(30)33-12-18(31)26-16-6-5-15(23)19(24)20(16)25/h1-6H,7-12H2,(H,26,31). The summed E-state index contributed by atoms with van der Waals surface area (Å²) < 4.78 is 47.6. The molecule has 174 valence electrons. The first-order valence-electron chi connectivity index (χ1n) is 9.99. The molecule has 0 radical (unpaired) electrons. The molecule has 0 bridgehead atoms. The van der Waals surface area contributed by atoms with Gasteiger partial charge in [-0.1, -0.05) is 23.4 Å². The minimum atomic E-state index is -1.64. The van der Waals surface area contributed by atoms with E-state index in [0.29, 0.717) is 35.8 Å². The normalized spacial score (nSPS) is 14.4. The fourth-order valence-electron chi connectivity index (χ4n) is 3.24. The van der Waals surface area contributed by atoms with Crippen LogP contribution in [0.4, 0.5) is 18.9 Å². The van der Waals surface area contributed by atoms with E-state index in [0.717, 1.165) is 42.7 Å². The van der Waals surface area contributed by atoms with Crippen LogP contribution in [0.5, 0.6) is 0 Å². The predicted molar refractivity (Wildman–Crippen MR) is 118 cm³/mol. The van der Waals surface area contributed by atoms with Gasteiger partial charge >= 0.3 is 0 Å². The first kappa shape index (κ1) is 23.6. The number of hydrogen-bond acceptors (Lipinski definition) is 6. The monoisotopic (exact) mass is 497 g/mol. The second kappa shape index (κ2) is 10.6. The zero-order valence-electron chi connectivity index (χ0n) is 17.2. The molecule has 4 rings (SSSR count). The van der Waals surface area contributed by atoms with E-state index in [-0.39, 0.29) is 5.75 Å². The number of nitrogens with one attached hydrogen (secondary N) is 1. The van der Waals surface area contributed by atoms with E-state index in [2.05, 4.69) is 20.4 Å². The quantitative estimate of drug-likeness (QED) is 0.394. The molecule has 12 heteroatoms. The van der Waals surface area contributed by atoms with Crippen LogP contribution in [0.15, 0.2) is 41.6 Å². The van der Waals surface area contributed by atoms with Crippen molar-refractivity contribution in [2.45, 2.75) is 11.7 Å². The molecule has 1 aliphatic heterocycles. The van der Waals surface area contributed by atoms with Crippen molar-refractivity contribution in [3.63, 3.8) is 0 Å². The van der Waals surface area contributed by atoms with Crippen LogP contribution in [0.1, 0.15) is 5.82 Å². The van der Waals surface area contributed by atoms with Crippen LogP contribution >= 0.6 is 23.4 Å². The lowest BCUT2D eigenvalue weighted by Crippen LogP contribution is -2.36. The van der Waals surface area contributed by atoms with Gasteiger partial charge in [0.25, 0.3) is 0 Å². The van der Waals surface area contributed by atoms with Crippen LogP contribution < -0.4 is 5.32 Å². The van der Waals surface area contributed by atoms with Gasteiger partial charge in [0, 0.05) is 23.8 Å². The van der Waals surface area contributed by atoms with Crippen LogP contribution in [0, 0.1) is 17.5 Å². The van der Waals surface area contributed by atoms with Gasteiger partial charge in [0.1, 0.15) is 0 Å². The number of carbonyl (C=O) groups is 1. The maximum Gasteiger partial charge on any atom is 0.234 e. The van der Waals surface area contributed by atoms with Crippen molar-refractivity contribution >= 4 is 35.0 Å². The van der Waals surface area contributed by atoms with Gasteiger partial charge in [-0.05, 0) is 36.4 Å². The van der Waals surface area contributed by atoms with Crippen molar-refractivity contribution in [1.29, 1.82) is 0 Å². The Labute approximate surface area is 196 Å². The van der Waals surface area contributed by atoms with E-state index in [4.69, 9.17) is 16.3 Å². The van der Waals surface area contributed by atoms with Gasteiger partial charge in [0.05, 0.1) is 31.2 Å². The summed E-state index contributed by atoms with van der Waals surface area (Å²) in [6.45, 7) is 3.33. The van der Waals surface area contributed by atoms with E-state index in [9.17, 15) is 18.0 Å². The number of aromatic nitrogens is 3. The molecule has 0 aliphatic carbocycles. The van der Waals surface area contributed by atoms with Crippen molar-refractivity contribution in [3.05, 3.63) is 64.7 Å². The predicted octanol–water partition coefficient (Wildman–Crippen LogP) is 3.90. The summed E-state index contributed by atoms with van der Waals surface area (Å²) in [5.74, 6) is -4.51. The average Bonchev–Trinajstić information content (AvgIpc) is 3.21. The molecule has 3 aromatic rings. The minimum absolute atomic E-state index is 0.151. The Morgan fingerprint density at radius 1 is 1.06 bits per heavy atom. The first-order valence-corrected chi connectivity index (χ1v) is 11.3. The Kier molecular flexibility index (Phi) is 7.53. The topological polar surface area (TPSA) is 72.3 Å². The van der Waals surface area contributed by atoms with Crippen LogP contribution in [0.2, 0.25) is 5.02 Å². The molecule has 1 N–H and O–H groups in total. The summed E-state index contributed by atoms with van der Waals surface area (Å²) in [5, 5.41) is 11.8. The Balaban J connectivity index is 1.51. The number of nitrogens with zero attached hydrogens (tertiary/aromatic N) is 4. The highest BCUT2D eigenvalue weighted by atomic mass is 35.5. The zero-order chi connectivity index (χ0) is 23.4. The molecular formula is C21H19ClF3N5O2S. The van der Waals surface area contributed by atoms with Crippen molar-refractivity contribution < 1.29 is 22.7 Å². The second-order valence-electron chi connectivity index (χ2n) is 7.16. The molecule has 0 saturated carbocycles. The Bertz CT molecular complexity index is 1140. The van der Waals surface area contributed by atoms with Crippen LogP contribution in [0.3, 0.4) is 0 Å². The van der Waals surface area contributed by atoms with Crippen LogP contribution in [0.25, 0.3) is 5.69 Å². The highest BCUT2D eigenvalue weighted by Crippen LogP contribution is 2.25. The second-order valence-corrected chi connectivity index (χ2v) is 8.54. The molecule has 0 unspecified atom stereocenters. The number of thioether (sulfide) groups is 1. The summed E-state index contributed by atoms with van der Waals surface area (Å²) in [4.78, 5) is 14.5. The van der Waals surface area contributed by atoms with Crippen molar-refractivity contribution in [1.82, 2.24) is 19.7 Å². The van der Waals surface area contributed by atoms with E-state index in [1.54, 1.807) is 12.1 Å². The molecule has 0 spiro atoms. The number of rotatable bonds is 7. The lowest BCUT2D eigenvalue weighted by Gasteiger charge is -2.26. The summed E-state index contributed by atoms with van der Waals surface area (Å²) in [6.07, 6.45) is 0. The van der Waals surface area contributed by atoms with E-state index in [1.165, 1.54) is 0 Å². The van der Waals surface area contributed by atoms with Gasteiger partial charge in [0.15, 0.2) is 28.4 Å². The van der Waals surface area contributed by atoms with Crippen LogP contribution in [-0.2, 0) is 16.1 Å². The Hall–Kier alpha value is -2.60. The molecular weight excluding hydrogens is 479 g/mol. The minimum Gasteiger partial charge on any atom is -0.379 e. The highest BCUT2D eigenvalue weighted by Gasteiger charge is 2.20. The van der Waals surface area contributed by atoms with Gasteiger partial charge < -0.3 is 10.1 Å². The van der Waals surface area contributed by atoms with E-state index in [1.807, 2.05) is 16.7 Å². The van der Waals surface area contributed by atoms with Gasteiger partial charge in [0.2, 0.25) is 5.91 Å². The Morgan fingerprint density at radius 2 is 1.79 bits per heavy atom. The van der Waals surface area contributed by atoms with E-state index >= 15 is 0 Å². The molecule has 1 aromatic heterocycles. The molecule has 0 atom stereocenters. The number of amides is 1. The number of ether oxygens (including phenoxy) is 1. The smallest absolute Gasteiger partial charge is 0.234 e. The third-order valence-electron chi connectivity index (χ3n) is 4.90. The maximum absolute atomic E-state index is 13.8. The average molecular weight is 498 g/mol. The lowest BCUT2D eigenvalue weighted by molar-refractivity contribution is -0.113. The van der Waals surface area contributed by atoms with Crippen LogP contribution in [-0.4, -0.2) is 57.6 Å². The maximum atomic E-state index is 13.8. The highest BCUT2D eigenvalue weighted by molar-refractivity contribution is 7.99. The van der Waals surface area contributed by atoms with Gasteiger partial charge in [-0.3, -0.25) is 14.3 Å². The first-order chi connectivity index (χ1) is 15.9. The number of anilines is 1. The van der Waals surface area contributed by atoms with Gasteiger partial charge in [-0.25, -0.2) is 13.2 Å². The molecule has 2 aromatic carbocycles. The van der Waals surface area contributed by atoms with E-state index < -0.39 is 29.0 Å². The van der Waals surface area contributed by atoms with Crippen molar-refractivity contribution in [2.24, 2.45) is 0 Å². The zero-order valence-corrected chi connectivity index (χ0v) is 18.8. The molecule has 2 heterocycles. The number of morpholine rings is 1. The van der Waals surface area contributed by atoms with Crippen molar-refractivity contribution in [2.75, 3.05) is 37.4 Å². The van der Waals surface area contributed by atoms with Gasteiger partial charge in [-0.2, -0.15) is 0 Å². The SMILES string of the molecule is O=C(CSc1nnc(CN2CCOCC2)n1-c1ccc(Cl)cc1)Nc1ccc(F)c(F)c1F. The number of benzene rings is 2. The third kappa shape index (κ3) is 5.67. The Morgan fingerprint density at radius 3 is 2.52 bits per heavy atom. The number of hydrogen-bond donors (Lipinski definition) is 1. The molecule has 1 saturated heterocycles. The van der Waals surface area contributed by atoms with Crippen molar-refractivity contribution in [3.8, 4) is 5.69 Å². The fraction of sp³-hybridized carbons (Fsp3) is 0.286. The summed E-state index contributed by atoms with van der Waals surface area (Å²) in [6, 6.07) is 8.82. The number of carbonyl (C=O) groups excluding carboxylic acids is 1. The summed E-state index contributed by atoms with van der Waals surface area (Å²) in [5.41, 5.74) is 0.328. The third-order valence-corrected chi connectivity index (χ3v) is 6.08. The summed E-state index contributed by atoms with van der Waals surface area (Å²) >= 11 is 7.10. The molecule has 1 fully saturated rings. The molecule has 7 nitrogen and oxygen atoms in total. The molecule has 1 aliphatic rings. The largest absolute Gasteiger partial charge is 0.379 e. The molecule has 1 amide bonds. The summed E-state index contributed by atoms with van der Waals surface area (Å²) in [7, 11) is 0. The molecule has 33 heavy (non-hydrogen) atoms. The van der Waals surface area contributed by atoms with Gasteiger partial charge in [-0.15, -0.1) is 10.2 Å². The number of halogens is 4. The fourth-order valence-corrected chi connectivity index (χ4v) is 4.14. The lowest BCUT2D eigenvalue weighted by atomic mass is 10.3.